The second kappa shape index (κ2) is 6.38. The molecule has 0 aromatic heterocycles. The average Bonchev–Trinajstić information content (AvgIpc) is 3.14. The topological polar surface area (TPSA) is 15.3 Å². The summed E-state index contributed by atoms with van der Waals surface area (Å²) in [4.78, 5) is 5.04. The Balaban J connectivity index is 1.48. The van der Waals surface area contributed by atoms with Crippen molar-refractivity contribution < 1.29 is 0 Å². The molecule has 1 unspecified atom stereocenters. The third kappa shape index (κ3) is 2.89. The molecule has 0 amide bonds. The number of rotatable bonds is 3. The van der Waals surface area contributed by atoms with Crippen molar-refractivity contribution in [2.45, 2.75) is 22.1 Å². The molecule has 23 heavy (non-hydrogen) atoms. The molecule has 0 saturated heterocycles. The van der Waals surface area contributed by atoms with Gasteiger partial charge >= 0.3 is 0 Å². The van der Waals surface area contributed by atoms with Gasteiger partial charge in [0.15, 0.2) is 0 Å². The predicted molar refractivity (Wildman–Crippen MR) is 102 cm³/mol. The van der Waals surface area contributed by atoms with Crippen LogP contribution in [0.5, 0.6) is 0 Å². The fraction of sp³-hybridized carbons (Fsp3) is 0.158. The number of allylic oxidation sites excluding steroid dienone is 2. The van der Waals surface area contributed by atoms with E-state index >= 15 is 0 Å². The van der Waals surface area contributed by atoms with Crippen molar-refractivity contribution in [3.63, 3.8) is 0 Å². The lowest BCUT2D eigenvalue weighted by molar-refractivity contribution is 1.00. The molecule has 2 heterocycles. The van der Waals surface area contributed by atoms with Crippen LogP contribution in [0.2, 0.25) is 0 Å². The highest BCUT2D eigenvalue weighted by molar-refractivity contribution is 8.03. The molecule has 0 spiro atoms. The zero-order valence-corrected chi connectivity index (χ0v) is 14.5. The van der Waals surface area contributed by atoms with Crippen molar-refractivity contribution in [3.8, 4) is 0 Å². The van der Waals surface area contributed by atoms with Gasteiger partial charge in [0.2, 0.25) is 0 Å². The monoisotopic (exact) mass is 338 g/mol. The Morgan fingerprint density at radius 3 is 2.70 bits per heavy atom. The Bertz CT molecular complexity index is 757. The minimum Gasteiger partial charge on any atom is -0.369 e. The van der Waals surface area contributed by atoms with E-state index in [0.29, 0.717) is 5.37 Å². The molecular weight excluding hydrogens is 320 g/mol. The normalized spacial score (nSPS) is 20.8. The van der Waals surface area contributed by atoms with Crippen LogP contribution in [0, 0.1) is 0 Å². The van der Waals surface area contributed by atoms with E-state index in [1.807, 2.05) is 23.5 Å². The van der Waals surface area contributed by atoms with E-state index in [0.717, 1.165) is 6.54 Å². The van der Waals surface area contributed by atoms with Crippen molar-refractivity contribution in [1.82, 2.24) is 0 Å². The van der Waals surface area contributed by atoms with Crippen LogP contribution in [-0.4, -0.2) is 11.9 Å². The number of para-hydroxylation sites is 2. The highest BCUT2D eigenvalue weighted by Crippen LogP contribution is 2.45. The first kappa shape index (κ1) is 14.8. The largest absolute Gasteiger partial charge is 0.369 e. The fourth-order valence-electron chi connectivity index (χ4n) is 2.84. The smallest absolute Gasteiger partial charge is 0.0960 e. The second-order valence-corrected chi connectivity index (χ2v) is 7.63. The van der Waals surface area contributed by atoms with Gasteiger partial charge in [-0.2, -0.15) is 0 Å². The summed E-state index contributed by atoms with van der Waals surface area (Å²) in [6, 6.07) is 17.1. The summed E-state index contributed by atoms with van der Waals surface area (Å²) in [5.74, 6) is 0. The van der Waals surface area contributed by atoms with Gasteiger partial charge in [0.25, 0.3) is 0 Å². The van der Waals surface area contributed by atoms with Crippen molar-refractivity contribution in [2.75, 3.05) is 16.8 Å². The van der Waals surface area contributed by atoms with E-state index in [-0.39, 0.29) is 0 Å². The number of anilines is 2. The lowest BCUT2D eigenvalue weighted by Crippen LogP contribution is -2.16. The molecule has 0 aliphatic carbocycles. The Morgan fingerprint density at radius 2 is 1.87 bits per heavy atom. The number of nitrogens with zero attached hydrogens (tertiary/aromatic N) is 1. The van der Waals surface area contributed by atoms with Crippen LogP contribution in [-0.2, 0) is 0 Å². The minimum absolute atomic E-state index is 0.313. The van der Waals surface area contributed by atoms with Gasteiger partial charge in [-0.1, -0.05) is 59.9 Å². The van der Waals surface area contributed by atoms with E-state index in [9.17, 15) is 0 Å². The number of hydrogen-bond acceptors (Lipinski definition) is 4. The number of benzene rings is 2. The summed E-state index contributed by atoms with van der Waals surface area (Å²) in [5, 5.41) is 5.14. The van der Waals surface area contributed by atoms with Gasteiger partial charge in [-0.3, -0.25) is 0 Å². The Morgan fingerprint density at radius 1 is 1.09 bits per heavy atom. The van der Waals surface area contributed by atoms with Crippen LogP contribution < -0.4 is 10.2 Å². The lowest BCUT2D eigenvalue weighted by atomic mass is 10.3. The van der Waals surface area contributed by atoms with Crippen molar-refractivity contribution in [2.24, 2.45) is 0 Å². The molecule has 4 heteroatoms. The zero-order valence-electron chi connectivity index (χ0n) is 12.9. The molecule has 0 bridgehead atoms. The molecule has 2 nitrogen and oxygen atoms in total. The number of fused-ring (bicyclic) bond motifs is 2. The SMILES string of the molecule is CCN1C(=CC=CC2Nc3ccccc3S2)Sc2ccccc21. The quantitative estimate of drug-likeness (QED) is 0.787. The maximum absolute atomic E-state index is 3.53. The molecule has 1 N–H and O–H groups in total. The van der Waals surface area contributed by atoms with E-state index in [1.54, 1.807) is 0 Å². The standard InChI is InChI=1S/C19H18N2S2/c1-2-21-15-9-4-6-11-17(15)23-19(21)13-7-12-18-20-14-8-3-5-10-16(14)22-18/h3-13,18,20H,2H2,1H3. The predicted octanol–water partition coefficient (Wildman–Crippen LogP) is 5.56. The summed E-state index contributed by atoms with van der Waals surface area (Å²) in [5.41, 5.74) is 2.55. The first-order valence-corrected chi connectivity index (χ1v) is 9.50. The lowest BCUT2D eigenvalue weighted by Gasteiger charge is -2.17. The maximum atomic E-state index is 3.53. The molecule has 0 radical (unpaired) electrons. The van der Waals surface area contributed by atoms with Gasteiger partial charge in [0.05, 0.1) is 16.1 Å². The molecule has 1 atom stereocenters. The summed E-state index contributed by atoms with van der Waals surface area (Å²) < 4.78 is 0. The molecule has 0 saturated carbocycles. The van der Waals surface area contributed by atoms with Gasteiger partial charge in [0.1, 0.15) is 0 Å². The van der Waals surface area contributed by atoms with E-state index in [2.05, 4.69) is 83.9 Å². The maximum Gasteiger partial charge on any atom is 0.0960 e. The van der Waals surface area contributed by atoms with Crippen molar-refractivity contribution in [1.29, 1.82) is 0 Å². The Kier molecular flexibility index (Phi) is 4.10. The molecule has 2 aromatic carbocycles. The molecule has 2 aliphatic heterocycles. The molecule has 4 rings (SSSR count). The minimum atomic E-state index is 0.313. The van der Waals surface area contributed by atoms with Crippen LogP contribution in [0.15, 0.2) is 81.6 Å². The number of nitrogens with one attached hydrogen (secondary N) is 1. The molecule has 2 aromatic rings. The van der Waals surface area contributed by atoms with Crippen LogP contribution >= 0.6 is 23.5 Å². The number of hydrogen-bond donors (Lipinski definition) is 1. The van der Waals surface area contributed by atoms with E-state index < -0.39 is 0 Å². The summed E-state index contributed by atoms with van der Waals surface area (Å²) in [7, 11) is 0. The first-order chi connectivity index (χ1) is 11.3. The van der Waals surface area contributed by atoms with E-state index in [1.165, 1.54) is 26.2 Å². The third-order valence-corrected chi connectivity index (χ3v) is 6.19. The van der Waals surface area contributed by atoms with Crippen LogP contribution in [0.25, 0.3) is 0 Å². The third-order valence-electron chi connectivity index (χ3n) is 3.92. The average molecular weight is 339 g/mol. The van der Waals surface area contributed by atoms with Crippen LogP contribution in [0.1, 0.15) is 6.92 Å². The first-order valence-electron chi connectivity index (χ1n) is 7.80. The fourth-order valence-corrected chi connectivity index (χ4v) is 5.02. The van der Waals surface area contributed by atoms with Crippen LogP contribution in [0.3, 0.4) is 0 Å². The molecule has 116 valence electrons. The summed E-state index contributed by atoms with van der Waals surface area (Å²) in [6.45, 7) is 3.19. The van der Waals surface area contributed by atoms with Gasteiger partial charge in [0, 0.05) is 22.0 Å². The zero-order chi connectivity index (χ0) is 15.6. The number of thioether (sulfide) groups is 2. The van der Waals surface area contributed by atoms with Crippen LogP contribution in [0.4, 0.5) is 11.4 Å². The highest BCUT2D eigenvalue weighted by atomic mass is 32.2. The van der Waals surface area contributed by atoms with Gasteiger partial charge < -0.3 is 10.2 Å². The molecule has 2 aliphatic rings. The second-order valence-electron chi connectivity index (χ2n) is 5.38. The van der Waals surface area contributed by atoms with Crippen molar-refractivity contribution in [3.05, 3.63) is 71.8 Å². The van der Waals surface area contributed by atoms with E-state index in [4.69, 9.17) is 0 Å². The highest BCUT2D eigenvalue weighted by Gasteiger charge is 2.22. The molecular formula is C19H18N2S2. The van der Waals surface area contributed by atoms with Crippen molar-refractivity contribution >= 4 is 34.9 Å². The summed E-state index contributed by atoms with van der Waals surface area (Å²) in [6.07, 6.45) is 6.63. The van der Waals surface area contributed by atoms with Gasteiger partial charge in [-0.05, 0) is 37.3 Å². The summed E-state index contributed by atoms with van der Waals surface area (Å²) >= 11 is 3.71. The Labute approximate surface area is 145 Å². The molecule has 0 fully saturated rings. The Hall–Kier alpha value is -1.78. The van der Waals surface area contributed by atoms with Gasteiger partial charge in [-0.25, -0.2) is 0 Å². The van der Waals surface area contributed by atoms with Gasteiger partial charge in [-0.15, -0.1) is 0 Å².